The largest absolute Gasteiger partial charge is 0.451 e. The molecule has 2 rings (SSSR count). The Morgan fingerprint density at radius 3 is 2.62 bits per heavy atom. The summed E-state index contributed by atoms with van der Waals surface area (Å²) in [4.78, 5) is 48.2. The molecule has 0 radical (unpaired) electrons. The van der Waals surface area contributed by atoms with Crippen LogP contribution >= 0.6 is 11.8 Å². The van der Waals surface area contributed by atoms with Gasteiger partial charge in [0.1, 0.15) is 6.54 Å². The topological polar surface area (TPSA) is 105 Å². The van der Waals surface area contributed by atoms with Gasteiger partial charge < -0.3 is 15.0 Å². The third kappa shape index (κ3) is 5.70. The van der Waals surface area contributed by atoms with E-state index < -0.39 is 24.0 Å². The van der Waals surface area contributed by atoms with E-state index in [4.69, 9.17) is 4.74 Å². The average Bonchev–Trinajstić information content (AvgIpc) is 2.93. The van der Waals surface area contributed by atoms with Crippen molar-refractivity contribution in [2.75, 3.05) is 18.8 Å². The van der Waals surface area contributed by atoms with E-state index in [-0.39, 0.29) is 17.8 Å². The van der Waals surface area contributed by atoms with Crippen molar-refractivity contribution < 1.29 is 23.9 Å². The van der Waals surface area contributed by atoms with Crippen LogP contribution in [0.4, 0.5) is 9.59 Å². The summed E-state index contributed by atoms with van der Waals surface area (Å²) < 4.78 is 4.98. The van der Waals surface area contributed by atoms with Gasteiger partial charge in [0, 0.05) is 18.3 Å². The number of esters is 1. The summed E-state index contributed by atoms with van der Waals surface area (Å²) in [5, 5.41) is 4.77. The van der Waals surface area contributed by atoms with Crippen LogP contribution in [0.5, 0.6) is 0 Å². The molecule has 0 spiro atoms. The van der Waals surface area contributed by atoms with E-state index in [2.05, 4.69) is 10.6 Å². The third-order valence-corrected chi connectivity index (χ3v) is 4.91. The van der Waals surface area contributed by atoms with Gasteiger partial charge in [0.15, 0.2) is 6.10 Å². The lowest BCUT2D eigenvalue weighted by molar-refractivity contribution is -0.154. The van der Waals surface area contributed by atoms with Crippen LogP contribution in [-0.4, -0.2) is 59.0 Å². The Morgan fingerprint density at radius 2 is 2.00 bits per heavy atom. The van der Waals surface area contributed by atoms with Crippen molar-refractivity contribution in [2.24, 2.45) is 0 Å². The van der Waals surface area contributed by atoms with Crippen LogP contribution in [0.1, 0.15) is 39.0 Å². The Morgan fingerprint density at radius 1 is 1.29 bits per heavy atom. The summed E-state index contributed by atoms with van der Waals surface area (Å²) in [5.74, 6) is -0.705. The highest BCUT2D eigenvalue weighted by Gasteiger charge is 2.26. The molecule has 2 N–H and O–H groups in total. The van der Waals surface area contributed by atoms with Gasteiger partial charge in [-0.1, -0.05) is 31.0 Å². The summed E-state index contributed by atoms with van der Waals surface area (Å²) in [6.07, 6.45) is 4.03. The van der Waals surface area contributed by atoms with Crippen molar-refractivity contribution in [1.29, 1.82) is 0 Å². The molecule has 9 heteroatoms. The fourth-order valence-corrected chi connectivity index (χ4v) is 3.52. The smallest absolute Gasteiger partial charge is 0.326 e. The molecule has 0 bridgehead atoms. The lowest BCUT2D eigenvalue weighted by atomic mass is 9.96. The van der Waals surface area contributed by atoms with E-state index in [1.54, 1.807) is 0 Å². The highest BCUT2D eigenvalue weighted by Crippen LogP contribution is 2.17. The summed E-state index contributed by atoms with van der Waals surface area (Å²) in [6, 6.07) is -0.482. The van der Waals surface area contributed by atoms with Crippen molar-refractivity contribution in [1.82, 2.24) is 15.5 Å². The normalized spacial score (nSPS) is 19.7. The number of ether oxygens (including phenoxy) is 1. The van der Waals surface area contributed by atoms with Crippen molar-refractivity contribution in [2.45, 2.75) is 51.2 Å². The maximum atomic E-state index is 11.9. The molecule has 2 aliphatic rings. The second-order valence-corrected chi connectivity index (χ2v) is 7.01. The Bertz CT molecular complexity index is 507. The van der Waals surface area contributed by atoms with Crippen LogP contribution in [0.15, 0.2) is 0 Å². The molecular weight excluding hydrogens is 334 g/mol. The summed E-state index contributed by atoms with van der Waals surface area (Å²) in [6.45, 7) is 1.70. The fourth-order valence-electron chi connectivity index (χ4n) is 2.70. The lowest BCUT2D eigenvalue weighted by Crippen LogP contribution is -2.48. The first kappa shape index (κ1) is 18.6. The summed E-state index contributed by atoms with van der Waals surface area (Å²) in [5.41, 5.74) is 0. The molecular formula is C15H23N3O5S. The first-order valence-electron chi connectivity index (χ1n) is 8.18. The van der Waals surface area contributed by atoms with Crippen molar-refractivity contribution >= 4 is 34.9 Å². The Labute approximate surface area is 145 Å². The molecule has 1 heterocycles. The van der Waals surface area contributed by atoms with Gasteiger partial charge in [0.25, 0.3) is 11.1 Å². The second-order valence-electron chi connectivity index (χ2n) is 5.97. The monoisotopic (exact) mass is 357 g/mol. The molecule has 24 heavy (non-hydrogen) atoms. The number of hydrogen-bond acceptors (Lipinski definition) is 6. The van der Waals surface area contributed by atoms with Crippen molar-refractivity contribution in [3.63, 3.8) is 0 Å². The van der Waals surface area contributed by atoms with Gasteiger partial charge in [-0.05, 0) is 19.8 Å². The number of hydrogen-bond donors (Lipinski definition) is 2. The predicted molar refractivity (Wildman–Crippen MR) is 88.5 cm³/mol. The third-order valence-electron chi connectivity index (χ3n) is 4.02. The second kappa shape index (κ2) is 8.91. The van der Waals surface area contributed by atoms with Gasteiger partial charge in [-0.15, -0.1) is 0 Å². The number of rotatable bonds is 5. The van der Waals surface area contributed by atoms with Gasteiger partial charge >= 0.3 is 12.0 Å². The minimum Gasteiger partial charge on any atom is -0.451 e. The Balaban J connectivity index is 1.69. The first-order chi connectivity index (χ1) is 11.5. The highest BCUT2D eigenvalue weighted by atomic mass is 32.2. The van der Waals surface area contributed by atoms with Crippen molar-refractivity contribution in [3.05, 3.63) is 0 Å². The minimum absolute atomic E-state index is 0.0862. The molecule has 0 unspecified atom stereocenters. The number of nitrogens with zero attached hydrogens (tertiary/aromatic N) is 1. The number of amides is 4. The number of thioether (sulfide) groups is 1. The van der Waals surface area contributed by atoms with E-state index in [0.717, 1.165) is 37.4 Å². The maximum Gasteiger partial charge on any atom is 0.326 e. The molecule has 0 aromatic rings. The van der Waals surface area contributed by atoms with Crippen LogP contribution in [0.3, 0.4) is 0 Å². The Hall–Kier alpha value is -1.77. The van der Waals surface area contributed by atoms with E-state index in [9.17, 15) is 19.2 Å². The quantitative estimate of drug-likeness (QED) is 0.718. The lowest BCUT2D eigenvalue weighted by Gasteiger charge is -2.23. The van der Waals surface area contributed by atoms with Crippen molar-refractivity contribution in [3.8, 4) is 0 Å². The number of nitrogens with one attached hydrogen (secondary N) is 2. The molecule has 1 aliphatic heterocycles. The van der Waals surface area contributed by atoms with Crippen LogP contribution in [0.25, 0.3) is 0 Å². The molecule has 8 nitrogen and oxygen atoms in total. The summed E-state index contributed by atoms with van der Waals surface area (Å²) >= 11 is 1.14. The first-order valence-corrected chi connectivity index (χ1v) is 9.17. The zero-order valence-electron chi connectivity index (χ0n) is 13.7. The number of urea groups is 1. The molecule has 4 amide bonds. The van der Waals surface area contributed by atoms with Crippen LogP contribution in [0.2, 0.25) is 0 Å². The van der Waals surface area contributed by atoms with Crippen LogP contribution in [-0.2, 0) is 14.3 Å². The zero-order chi connectivity index (χ0) is 17.5. The molecule has 1 saturated heterocycles. The van der Waals surface area contributed by atoms with Crippen LogP contribution < -0.4 is 10.6 Å². The van der Waals surface area contributed by atoms with Crippen LogP contribution in [0, 0.1) is 0 Å². The van der Waals surface area contributed by atoms with Gasteiger partial charge in [-0.2, -0.15) is 0 Å². The number of carbonyl (C=O) groups is 4. The summed E-state index contributed by atoms with van der Waals surface area (Å²) in [7, 11) is 0. The zero-order valence-corrected chi connectivity index (χ0v) is 14.5. The van der Waals surface area contributed by atoms with E-state index in [1.165, 1.54) is 18.2 Å². The minimum atomic E-state index is -1.10. The fraction of sp³-hybridized carbons (Fsp3) is 0.733. The molecule has 1 atom stereocenters. The van der Waals surface area contributed by atoms with Gasteiger partial charge in [0.05, 0.1) is 0 Å². The number of imide groups is 1. The van der Waals surface area contributed by atoms with E-state index in [1.807, 2.05) is 0 Å². The number of carbonyl (C=O) groups excluding carboxylic acids is 4. The van der Waals surface area contributed by atoms with E-state index in [0.29, 0.717) is 12.3 Å². The molecule has 0 aromatic carbocycles. The molecule has 1 aliphatic carbocycles. The maximum absolute atomic E-state index is 11.9. The standard InChI is InChI=1S/C15H23N3O5S/c1-10(23-12(19)9-18-7-8-24-15(18)22)13(20)17-14(21)16-11-5-3-2-4-6-11/h10-11H,2-9H2,1H3,(H2,16,17,20,21)/t10-/m1/s1. The van der Waals surface area contributed by atoms with Gasteiger partial charge in [0.2, 0.25) is 0 Å². The van der Waals surface area contributed by atoms with Gasteiger partial charge in [-0.25, -0.2) is 4.79 Å². The molecule has 0 aromatic heterocycles. The molecule has 134 valence electrons. The van der Waals surface area contributed by atoms with Gasteiger partial charge in [-0.3, -0.25) is 19.7 Å². The molecule has 2 fully saturated rings. The predicted octanol–water partition coefficient (Wildman–Crippen LogP) is 1.25. The Kier molecular flexibility index (Phi) is 6.89. The highest BCUT2D eigenvalue weighted by molar-refractivity contribution is 8.13. The molecule has 1 saturated carbocycles. The van der Waals surface area contributed by atoms with E-state index >= 15 is 0 Å². The average molecular weight is 357 g/mol. The SMILES string of the molecule is C[C@@H](OC(=O)CN1CCSC1=O)C(=O)NC(=O)NC1CCCCC1.